The van der Waals surface area contributed by atoms with E-state index in [2.05, 4.69) is 36.8 Å². The first kappa shape index (κ1) is 22.0. The van der Waals surface area contributed by atoms with Crippen molar-refractivity contribution in [2.24, 2.45) is 0 Å². The van der Waals surface area contributed by atoms with Gasteiger partial charge in [0.15, 0.2) is 11.0 Å². The van der Waals surface area contributed by atoms with E-state index in [1.165, 1.54) is 11.8 Å². The van der Waals surface area contributed by atoms with Crippen LogP contribution in [-0.4, -0.2) is 38.9 Å². The molecule has 0 fully saturated rings. The first-order chi connectivity index (χ1) is 14.5. The molecule has 9 heteroatoms. The highest BCUT2D eigenvalue weighted by Crippen LogP contribution is 2.26. The number of halogens is 1. The number of hydrogen-bond acceptors (Lipinski definition) is 5. The summed E-state index contributed by atoms with van der Waals surface area (Å²) in [5, 5.41) is 14.6. The number of hydrogen-bond donors (Lipinski definition) is 2. The molecule has 0 saturated carbocycles. The zero-order valence-corrected chi connectivity index (χ0v) is 19.1. The monoisotopic (exact) mass is 487 g/mol. The Bertz CT molecular complexity index is 1040. The Morgan fingerprint density at radius 3 is 2.50 bits per heavy atom. The lowest BCUT2D eigenvalue weighted by Crippen LogP contribution is -2.33. The van der Waals surface area contributed by atoms with Crippen molar-refractivity contribution in [2.75, 3.05) is 17.6 Å². The van der Waals surface area contributed by atoms with Crippen LogP contribution in [-0.2, 0) is 16.1 Å². The van der Waals surface area contributed by atoms with Crippen LogP contribution in [0.3, 0.4) is 0 Å². The Kier molecular flexibility index (Phi) is 7.64. The van der Waals surface area contributed by atoms with Gasteiger partial charge in [-0.25, -0.2) is 0 Å². The summed E-state index contributed by atoms with van der Waals surface area (Å²) in [6.07, 6.45) is 0. The molecule has 1 heterocycles. The molecular weight excluding hydrogens is 466 g/mol. The maximum atomic E-state index is 12.2. The molecule has 0 radical (unpaired) electrons. The number of nitrogens with zero attached hydrogens (tertiary/aromatic N) is 3. The van der Waals surface area contributed by atoms with Gasteiger partial charge in [-0.2, -0.15) is 0 Å². The van der Waals surface area contributed by atoms with Gasteiger partial charge in [0.25, 0.3) is 0 Å². The first-order valence-corrected chi connectivity index (χ1v) is 11.2. The predicted molar refractivity (Wildman–Crippen MR) is 122 cm³/mol. The lowest BCUT2D eigenvalue weighted by molar-refractivity contribution is -0.122. The third-order valence-corrected chi connectivity index (χ3v) is 5.82. The fourth-order valence-electron chi connectivity index (χ4n) is 2.80. The third kappa shape index (κ3) is 5.70. The molecule has 0 aliphatic carbocycles. The van der Waals surface area contributed by atoms with Crippen LogP contribution in [0.25, 0.3) is 11.4 Å². The molecule has 0 aliphatic heterocycles. The summed E-state index contributed by atoms with van der Waals surface area (Å²) in [6.45, 7) is 4.64. The Morgan fingerprint density at radius 1 is 1.07 bits per heavy atom. The normalized spacial score (nSPS) is 10.6. The minimum absolute atomic E-state index is 0.0929. The van der Waals surface area contributed by atoms with Gasteiger partial charge in [0.05, 0.1) is 12.3 Å². The summed E-state index contributed by atoms with van der Waals surface area (Å²) >= 11 is 4.64. The van der Waals surface area contributed by atoms with E-state index in [4.69, 9.17) is 0 Å². The second kappa shape index (κ2) is 10.4. The van der Waals surface area contributed by atoms with Gasteiger partial charge in [-0.3, -0.25) is 9.59 Å². The molecule has 2 N–H and O–H groups in total. The van der Waals surface area contributed by atoms with Crippen molar-refractivity contribution in [1.29, 1.82) is 0 Å². The second-order valence-corrected chi connectivity index (χ2v) is 8.34. The summed E-state index contributed by atoms with van der Waals surface area (Å²) in [5.74, 6) is 0.410. The van der Waals surface area contributed by atoms with Crippen molar-refractivity contribution in [2.45, 2.75) is 25.5 Å². The van der Waals surface area contributed by atoms with Crippen molar-refractivity contribution >= 4 is 45.2 Å². The van der Waals surface area contributed by atoms with Crippen molar-refractivity contribution in [3.8, 4) is 11.4 Å². The molecule has 3 rings (SSSR count). The minimum Gasteiger partial charge on any atom is -0.346 e. The number of rotatable bonds is 8. The smallest absolute Gasteiger partial charge is 0.243 e. The van der Waals surface area contributed by atoms with E-state index in [1.54, 1.807) is 12.1 Å². The van der Waals surface area contributed by atoms with Crippen LogP contribution in [0.2, 0.25) is 0 Å². The molecule has 0 aliphatic rings. The molecule has 0 atom stereocenters. The summed E-state index contributed by atoms with van der Waals surface area (Å²) in [7, 11) is 0. The van der Waals surface area contributed by atoms with E-state index < -0.39 is 0 Å². The molecule has 2 aromatic carbocycles. The lowest BCUT2D eigenvalue weighted by atomic mass is 10.1. The van der Waals surface area contributed by atoms with Gasteiger partial charge < -0.3 is 15.2 Å². The zero-order chi connectivity index (χ0) is 21.5. The van der Waals surface area contributed by atoms with Crippen LogP contribution in [0, 0.1) is 6.92 Å². The molecule has 7 nitrogen and oxygen atoms in total. The van der Waals surface area contributed by atoms with E-state index in [0.717, 1.165) is 21.4 Å². The number of aromatic nitrogens is 3. The number of anilines is 1. The lowest BCUT2D eigenvalue weighted by Gasteiger charge is -2.09. The fraction of sp³-hybridized carbons (Fsp3) is 0.238. The summed E-state index contributed by atoms with van der Waals surface area (Å²) in [4.78, 5) is 24.2. The van der Waals surface area contributed by atoms with Crippen LogP contribution in [0.15, 0.2) is 58.2 Å². The Balaban J connectivity index is 1.53. The van der Waals surface area contributed by atoms with E-state index >= 15 is 0 Å². The number of carbonyl (C=O) groups is 2. The molecule has 1 aromatic heterocycles. The average Bonchev–Trinajstić information content (AvgIpc) is 3.15. The predicted octanol–water partition coefficient (Wildman–Crippen LogP) is 3.88. The van der Waals surface area contributed by atoms with E-state index in [9.17, 15) is 9.59 Å². The largest absolute Gasteiger partial charge is 0.346 e. The third-order valence-electron chi connectivity index (χ3n) is 4.33. The van der Waals surface area contributed by atoms with Crippen LogP contribution >= 0.6 is 27.7 Å². The van der Waals surface area contributed by atoms with E-state index in [1.807, 2.05) is 54.8 Å². The summed E-state index contributed by atoms with van der Waals surface area (Å²) in [5.41, 5.74) is 2.81. The van der Waals surface area contributed by atoms with Gasteiger partial charge in [-0.1, -0.05) is 52.0 Å². The van der Waals surface area contributed by atoms with Crippen molar-refractivity contribution in [3.05, 3.63) is 58.6 Å². The molecule has 2 amide bonds. The van der Waals surface area contributed by atoms with Gasteiger partial charge in [0.1, 0.15) is 0 Å². The Labute approximate surface area is 187 Å². The number of carbonyl (C=O) groups excluding carboxylic acids is 2. The number of aryl methyl sites for hydroxylation is 1. The summed E-state index contributed by atoms with van der Waals surface area (Å²) < 4.78 is 2.91. The SMILES string of the molecule is CCn1c(SCC(=O)NCC(=O)Nc2ccc(Br)cc2)nnc1-c1ccccc1C. The number of nitrogens with one attached hydrogen (secondary N) is 2. The zero-order valence-electron chi connectivity index (χ0n) is 16.7. The highest BCUT2D eigenvalue weighted by atomic mass is 79.9. The van der Waals surface area contributed by atoms with E-state index in [-0.39, 0.29) is 24.1 Å². The van der Waals surface area contributed by atoms with Crippen LogP contribution in [0.4, 0.5) is 5.69 Å². The number of benzene rings is 2. The standard InChI is InChI=1S/C21H22BrN5O2S/c1-3-27-20(17-7-5-4-6-14(17)2)25-26-21(27)30-13-19(29)23-12-18(28)24-16-10-8-15(22)9-11-16/h4-11H,3,12-13H2,1-2H3,(H,23,29)(H,24,28). The molecule has 0 unspecified atom stereocenters. The molecule has 156 valence electrons. The van der Waals surface area contributed by atoms with Gasteiger partial charge in [0.2, 0.25) is 11.8 Å². The molecule has 0 spiro atoms. The highest BCUT2D eigenvalue weighted by molar-refractivity contribution is 9.10. The van der Waals surface area contributed by atoms with E-state index in [0.29, 0.717) is 17.4 Å². The van der Waals surface area contributed by atoms with Crippen molar-refractivity contribution in [1.82, 2.24) is 20.1 Å². The maximum Gasteiger partial charge on any atom is 0.243 e. The Hall–Kier alpha value is -2.65. The molecule has 0 saturated heterocycles. The molecular formula is C21H22BrN5O2S. The minimum atomic E-state index is -0.283. The summed E-state index contributed by atoms with van der Waals surface area (Å²) in [6, 6.07) is 15.2. The molecule has 30 heavy (non-hydrogen) atoms. The Morgan fingerprint density at radius 2 is 1.80 bits per heavy atom. The number of thioether (sulfide) groups is 1. The van der Waals surface area contributed by atoms with Crippen LogP contribution in [0.5, 0.6) is 0 Å². The fourth-order valence-corrected chi connectivity index (χ4v) is 3.90. The first-order valence-electron chi connectivity index (χ1n) is 9.42. The number of amides is 2. The molecule has 0 bridgehead atoms. The van der Waals surface area contributed by atoms with Crippen LogP contribution < -0.4 is 10.6 Å². The highest BCUT2D eigenvalue weighted by Gasteiger charge is 2.16. The van der Waals surface area contributed by atoms with Gasteiger partial charge in [-0.05, 0) is 43.7 Å². The van der Waals surface area contributed by atoms with Crippen molar-refractivity contribution < 1.29 is 9.59 Å². The van der Waals surface area contributed by atoms with Crippen LogP contribution in [0.1, 0.15) is 12.5 Å². The average molecular weight is 488 g/mol. The molecule has 3 aromatic rings. The quantitative estimate of drug-likeness (QED) is 0.470. The van der Waals surface area contributed by atoms with Gasteiger partial charge in [-0.15, -0.1) is 10.2 Å². The van der Waals surface area contributed by atoms with Gasteiger partial charge in [0, 0.05) is 22.3 Å². The topological polar surface area (TPSA) is 88.9 Å². The van der Waals surface area contributed by atoms with Gasteiger partial charge >= 0.3 is 0 Å². The van der Waals surface area contributed by atoms with Crippen molar-refractivity contribution in [3.63, 3.8) is 0 Å². The second-order valence-electron chi connectivity index (χ2n) is 6.49. The maximum absolute atomic E-state index is 12.2.